The number of benzene rings is 1. The summed E-state index contributed by atoms with van der Waals surface area (Å²) in [6.45, 7) is 9.22. The Bertz CT molecular complexity index is 923. The lowest BCUT2D eigenvalue weighted by Gasteiger charge is -2.34. The highest BCUT2D eigenvalue weighted by Crippen LogP contribution is 2.35. The van der Waals surface area contributed by atoms with E-state index in [1.165, 1.54) is 0 Å². The van der Waals surface area contributed by atoms with Crippen molar-refractivity contribution in [3.63, 3.8) is 0 Å². The lowest BCUT2D eigenvalue weighted by atomic mass is 9.89. The normalized spacial score (nSPS) is 16.1. The van der Waals surface area contributed by atoms with Crippen LogP contribution in [0.1, 0.15) is 44.7 Å². The number of nitrogens with zero attached hydrogens (tertiary/aromatic N) is 4. The first-order chi connectivity index (χ1) is 16.6. The van der Waals surface area contributed by atoms with Crippen LogP contribution in [0.15, 0.2) is 35.6 Å². The summed E-state index contributed by atoms with van der Waals surface area (Å²) in [6, 6.07) is 8.02. The Labute approximate surface area is 208 Å². The van der Waals surface area contributed by atoms with Gasteiger partial charge in [0.25, 0.3) is 0 Å². The second-order valence-corrected chi connectivity index (χ2v) is 9.54. The van der Waals surface area contributed by atoms with E-state index in [1.807, 2.05) is 29.3 Å². The van der Waals surface area contributed by atoms with Gasteiger partial charge in [0.15, 0.2) is 5.16 Å². The van der Waals surface area contributed by atoms with Gasteiger partial charge in [-0.3, -0.25) is 4.79 Å². The SMILES string of the molecule is CCN(CC)CCC(=O)N1CCC[C@H](c2nc(SCCOC)ncc2-c2cccc(OC)c2)C1. The average molecular weight is 487 g/mol. The van der Waals surface area contributed by atoms with Crippen LogP contribution in [0.2, 0.25) is 0 Å². The molecule has 1 amide bonds. The molecule has 3 rings (SSSR count). The molecule has 0 radical (unpaired) electrons. The molecule has 2 heterocycles. The van der Waals surface area contributed by atoms with Gasteiger partial charge in [-0.05, 0) is 43.6 Å². The Kier molecular flexibility index (Phi) is 10.6. The number of amides is 1. The van der Waals surface area contributed by atoms with Gasteiger partial charge in [-0.25, -0.2) is 9.97 Å². The molecule has 7 nitrogen and oxygen atoms in total. The minimum atomic E-state index is 0.178. The summed E-state index contributed by atoms with van der Waals surface area (Å²) in [5, 5.41) is 0.753. The van der Waals surface area contributed by atoms with Crippen LogP contribution in [-0.4, -0.2) is 85.0 Å². The molecule has 0 unspecified atom stereocenters. The van der Waals surface area contributed by atoms with Crippen LogP contribution in [0.25, 0.3) is 11.1 Å². The van der Waals surface area contributed by atoms with Gasteiger partial charge >= 0.3 is 0 Å². The number of ether oxygens (including phenoxy) is 2. The zero-order valence-electron chi connectivity index (χ0n) is 21.0. The first kappa shape index (κ1) is 26.4. The summed E-state index contributed by atoms with van der Waals surface area (Å²) in [6.07, 6.45) is 4.48. The summed E-state index contributed by atoms with van der Waals surface area (Å²) in [5.41, 5.74) is 3.06. The van der Waals surface area contributed by atoms with Crippen LogP contribution < -0.4 is 4.74 Å². The fraction of sp³-hybridized carbons (Fsp3) is 0.577. The number of hydrogen-bond acceptors (Lipinski definition) is 7. The Morgan fingerprint density at radius 1 is 1.26 bits per heavy atom. The number of thioether (sulfide) groups is 1. The number of carbonyl (C=O) groups excluding carboxylic acids is 1. The molecule has 34 heavy (non-hydrogen) atoms. The molecule has 0 aliphatic carbocycles. The highest BCUT2D eigenvalue weighted by molar-refractivity contribution is 7.99. The van der Waals surface area contributed by atoms with Crippen molar-refractivity contribution in [1.82, 2.24) is 19.8 Å². The molecular formula is C26H38N4O3S. The third kappa shape index (κ3) is 7.17. The van der Waals surface area contributed by atoms with Crippen molar-refractivity contribution < 1.29 is 14.3 Å². The summed E-state index contributed by atoms with van der Waals surface area (Å²) in [7, 11) is 3.38. The van der Waals surface area contributed by atoms with E-state index in [0.29, 0.717) is 19.6 Å². The van der Waals surface area contributed by atoms with E-state index in [0.717, 1.165) is 72.5 Å². The molecule has 1 saturated heterocycles. The van der Waals surface area contributed by atoms with E-state index in [1.54, 1.807) is 26.0 Å². The largest absolute Gasteiger partial charge is 0.497 e. The van der Waals surface area contributed by atoms with E-state index in [9.17, 15) is 4.79 Å². The van der Waals surface area contributed by atoms with Gasteiger partial charge in [-0.2, -0.15) is 0 Å². The first-order valence-electron chi connectivity index (χ1n) is 12.2. The summed E-state index contributed by atoms with van der Waals surface area (Å²) in [4.78, 5) is 27.0. The van der Waals surface area contributed by atoms with E-state index in [2.05, 4.69) is 29.8 Å². The van der Waals surface area contributed by atoms with Gasteiger partial charge in [0, 0.05) is 56.6 Å². The number of piperidine rings is 1. The third-order valence-electron chi connectivity index (χ3n) is 6.39. The van der Waals surface area contributed by atoms with Crippen LogP contribution >= 0.6 is 11.8 Å². The molecule has 1 aromatic carbocycles. The molecule has 0 N–H and O–H groups in total. The first-order valence-corrected chi connectivity index (χ1v) is 13.2. The fourth-order valence-corrected chi connectivity index (χ4v) is 5.09. The van der Waals surface area contributed by atoms with Crippen molar-refractivity contribution in [2.24, 2.45) is 0 Å². The quantitative estimate of drug-likeness (QED) is 0.251. The minimum absolute atomic E-state index is 0.178. The minimum Gasteiger partial charge on any atom is -0.497 e. The topological polar surface area (TPSA) is 67.8 Å². The molecule has 0 saturated carbocycles. The van der Waals surface area contributed by atoms with Crippen LogP contribution in [-0.2, 0) is 9.53 Å². The second kappa shape index (κ2) is 13.7. The van der Waals surface area contributed by atoms with Crippen molar-refractivity contribution in [2.75, 3.05) is 59.3 Å². The van der Waals surface area contributed by atoms with Crippen molar-refractivity contribution in [3.05, 3.63) is 36.2 Å². The van der Waals surface area contributed by atoms with E-state index in [4.69, 9.17) is 14.5 Å². The second-order valence-electron chi connectivity index (χ2n) is 8.48. The predicted octanol–water partition coefficient (Wildman–Crippen LogP) is 4.33. The highest BCUT2D eigenvalue weighted by atomic mass is 32.2. The number of aromatic nitrogens is 2. The maximum atomic E-state index is 13.0. The molecule has 186 valence electrons. The van der Waals surface area contributed by atoms with Crippen LogP contribution in [0.3, 0.4) is 0 Å². The highest BCUT2D eigenvalue weighted by Gasteiger charge is 2.28. The smallest absolute Gasteiger partial charge is 0.223 e. The maximum absolute atomic E-state index is 13.0. The standard InChI is InChI=1S/C26H38N4O3S/c1-5-29(6-2)14-12-24(31)30-13-8-10-21(19-30)25-23(20-9-7-11-22(17-20)33-4)18-27-26(28-25)34-16-15-32-3/h7,9,11,17-18,21H,5-6,8,10,12-16,19H2,1-4H3/t21-/m0/s1. The van der Waals surface area contributed by atoms with Crippen LogP contribution in [0, 0.1) is 0 Å². The number of carbonyl (C=O) groups is 1. The Balaban J connectivity index is 1.84. The van der Waals surface area contributed by atoms with E-state index < -0.39 is 0 Å². The van der Waals surface area contributed by atoms with Gasteiger partial charge < -0.3 is 19.3 Å². The Morgan fingerprint density at radius 3 is 2.82 bits per heavy atom. The monoisotopic (exact) mass is 486 g/mol. The summed E-state index contributed by atoms with van der Waals surface area (Å²) >= 11 is 1.60. The van der Waals surface area contributed by atoms with Gasteiger partial charge in [-0.1, -0.05) is 37.7 Å². The third-order valence-corrected chi connectivity index (χ3v) is 7.22. The van der Waals surface area contributed by atoms with E-state index in [-0.39, 0.29) is 11.8 Å². The maximum Gasteiger partial charge on any atom is 0.223 e. The predicted molar refractivity (Wildman–Crippen MR) is 138 cm³/mol. The van der Waals surface area contributed by atoms with Crippen LogP contribution in [0.5, 0.6) is 5.75 Å². The van der Waals surface area contributed by atoms with E-state index >= 15 is 0 Å². The van der Waals surface area contributed by atoms with Gasteiger partial charge in [0.05, 0.1) is 19.4 Å². The van der Waals surface area contributed by atoms with Crippen molar-refractivity contribution in [3.8, 4) is 16.9 Å². The average Bonchev–Trinajstić information content (AvgIpc) is 2.89. The molecule has 0 bridgehead atoms. The Morgan fingerprint density at radius 2 is 2.09 bits per heavy atom. The number of likely N-dealkylation sites (tertiary alicyclic amines) is 1. The molecule has 2 aromatic rings. The van der Waals surface area contributed by atoms with Crippen molar-refractivity contribution in [2.45, 2.75) is 44.2 Å². The Hall–Kier alpha value is -2.16. The van der Waals surface area contributed by atoms with Gasteiger partial charge in [0.2, 0.25) is 5.91 Å². The zero-order valence-corrected chi connectivity index (χ0v) is 21.8. The summed E-state index contributed by atoms with van der Waals surface area (Å²) < 4.78 is 10.6. The molecule has 8 heteroatoms. The lowest BCUT2D eigenvalue weighted by Crippen LogP contribution is -2.41. The van der Waals surface area contributed by atoms with Crippen molar-refractivity contribution in [1.29, 1.82) is 0 Å². The molecule has 0 spiro atoms. The molecule has 1 aliphatic rings. The molecular weight excluding hydrogens is 448 g/mol. The van der Waals surface area contributed by atoms with Gasteiger partial charge in [0.1, 0.15) is 5.75 Å². The molecule has 1 fully saturated rings. The van der Waals surface area contributed by atoms with Crippen LogP contribution in [0.4, 0.5) is 0 Å². The zero-order chi connectivity index (χ0) is 24.3. The number of rotatable bonds is 12. The number of hydrogen-bond donors (Lipinski definition) is 0. The molecule has 1 aliphatic heterocycles. The lowest BCUT2D eigenvalue weighted by molar-refractivity contribution is -0.132. The number of methoxy groups -OCH3 is 2. The van der Waals surface area contributed by atoms with Crippen molar-refractivity contribution >= 4 is 17.7 Å². The molecule has 1 aromatic heterocycles. The van der Waals surface area contributed by atoms with Gasteiger partial charge in [-0.15, -0.1) is 0 Å². The molecule has 1 atom stereocenters. The summed E-state index contributed by atoms with van der Waals surface area (Å²) in [5.74, 6) is 2.02. The fourth-order valence-electron chi connectivity index (χ4n) is 4.37.